The maximum atomic E-state index is 6.11. The molecule has 0 radical (unpaired) electrons. The Labute approximate surface area is 120 Å². The average molecular weight is 277 g/mol. The smallest absolute Gasteiger partial charge is 0.133 e. The molecule has 1 heterocycles. The highest BCUT2D eigenvalue weighted by Gasteiger charge is 2.15. The fraction of sp³-hybridized carbons (Fsp3) is 0.438. The van der Waals surface area contributed by atoms with Crippen LogP contribution in [0.4, 0.5) is 5.82 Å². The molecule has 0 fully saturated rings. The van der Waals surface area contributed by atoms with Crippen molar-refractivity contribution in [1.82, 2.24) is 4.98 Å². The highest BCUT2D eigenvalue weighted by atomic mass is 35.5. The molecule has 2 aromatic rings. The molecule has 2 nitrogen and oxygen atoms in total. The highest BCUT2D eigenvalue weighted by Crippen LogP contribution is 2.26. The van der Waals surface area contributed by atoms with Crippen LogP contribution in [0.25, 0.3) is 10.9 Å². The third kappa shape index (κ3) is 3.01. The maximum absolute atomic E-state index is 6.11. The van der Waals surface area contributed by atoms with E-state index in [0.717, 1.165) is 35.2 Å². The molecule has 2 rings (SSSR count). The van der Waals surface area contributed by atoms with Crippen LogP contribution in [-0.2, 0) is 5.88 Å². The topological polar surface area (TPSA) is 16.1 Å². The summed E-state index contributed by atoms with van der Waals surface area (Å²) in [6.07, 6.45) is 1.11. The molecule has 0 aliphatic carbocycles. The summed E-state index contributed by atoms with van der Waals surface area (Å²) in [4.78, 5) is 7.17. The van der Waals surface area contributed by atoms with Crippen LogP contribution in [0.3, 0.4) is 0 Å². The van der Waals surface area contributed by atoms with E-state index in [1.54, 1.807) is 0 Å². The number of benzene rings is 1. The Kier molecular flexibility index (Phi) is 4.65. The van der Waals surface area contributed by atoms with Crippen molar-refractivity contribution in [3.63, 3.8) is 0 Å². The molecule has 0 bridgehead atoms. The lowest BCUT2D eigenvalue weighted by molar-refractivity contribution is 0.661. The van der Waals surface area contributed by atoms with Gasteiger partial charge in [0, 0.05) is 23.5 Å². The van der Waals surface area contributed by atoms with Crippen molar-refractivity contribution in [2.45, 2.75) is 39.1 Å². The Balaban J connectivity index is 2.55. The van der Waals surface area contributed by atoms with Gasteiger partial charge in [-0.3, -0.25) is 0 Å². The van der Waals surface area contributed by atoms with Crippen LogP contribution < -0.4 is 4.90 Å². The van der Waals surface area contributed by atoms with E-state index in [0.29, 0.717) is 11.9 Å². The zero-order valence-corrected chi connectivity index (χ0v) is 12.6. The lowest BCUT2D eigenvalue weighted by Crippen LogP contribution is -2.33. The zero-order chi connectivity index (χ0) is 13.8. The standard InChI is InChI=1S/C16H21ClN2/c1-4-9-19(12(2)3)16-14(11-17)10-13-7-5-6-8-15(13)18-16/h5-8,10,12H,4,9,11H2,1-3H3. The molecule has 1 aromatic heterocycles. The summed E-state index contributed by atoms with van der Waals surface area (Å²) in [7, 11) is 0. The lowest BCUT2D eigenvalue weighted by atomic mass is 10.1. The number of alkyl halides is 1. The average Bonchev–Trinajstić information content (AvgIpc) is 2.43. The van der Waals surface area contributed by atoms with Crippen LogP contribution in [-0.4, -0.2) is 17.6 Å². The summed E-state index contributed by atoms with van der Waals surface area (Å²) in [5, 5.41) is 1.15. The summed E-state index contributed by atoms with van der Waals surface area (Å²) >= 11 is 6.11. The van der Waals surface area contributed by atoms with E-state index in [4.69, 9.17) is 16.6 Å². The molecule has 0 amide bonds. The number of pyridine rings is 1. The fourth-order valence-corrected chi connectivity index (χ4v) is 2.54. The third-order valence-corrected chi connectivity index (χ3v) is 3.57. The minimum absolute atomic E-state index is 0.426. The largest absolute Gasteiger partial charge is 0.354 e. The SMILES string of the molecule is CCCN(c1nc2ccccc2cc1CCl)C(C)C. The predicted molar refractivity (Wildman–Crippen MR) is 84.1 cm³/mol. The van der Waals surface area contributed by atoms with Crippen LogP contribution >= 0.6 is 11.6 Å². The number of halogens is 1. The van der Waals surface area contributed by atoms with Crippen molar-refractivity contribution < 1.29 is 0 Å². The van der Waals surface area contributed by atoms with Gasteiger partial charge in [-0.25, -0.2) is 4.98 Å². The number of fused-ring (bicyclic) bond motifs is 1. The summed E-state index contributed by atoms with van der Waals surface area (Å²) < 4.78 is 0. The molecule has 0 saturated carbocycles. The van der Waals surface area contributed by atoms with Crippen molar-refractivity contribution in [3.8, 4) is 0 Å². The molecule has 0 unspecified atom stereocenters. The summed E-state index contributed by atoms with van der Waals surface area (Å²) in [5.74, 6) is 1.53. The van der Waals surface area contributed by atoms with Gasteiger partial charge in [0.1, 0.15) is 5.82 Å². The van der Waals surface area contributed by atoms with Gasteiger partial charge < -0.3 is 4.90 Å². The van der Waals surface area contributed by atoms with Gasteiger partial charge in [-0.1, -0.05) is 25.1 Å². The molecule has 0 aliphatic rings. The molecule has 0 spiro atoms. The second-order valence-electron chi connectivity index (χ2n) is 5.08. The van der Waals surface area contributed by atoms with Gasteiger partial charge in [-0.2, -0.15) is 0 Å². The lowest BCUT2D eigenvalue weighted by Gasteiger charge is -2.29. The molecule has 19 heavy (non-hydrogen) atoms. The van der Waals surface area contributed by atoms with E-state index >= 15 is 0 Å². The summed E-state index contributed by atoms with van der Waals surface area (Å²) in [5.41, 5.74) is 2.15. The second-order valence-corrected chi connectivity index (χ2v) is 5.35. The van der Waals surface area contributed by atoms with Crippen LogP contribution in [0.2, 0.25) is 0 Å². The number of aromatic nitrogens is 1. The van der Waals surface area contributed by atoms with Crippen LogP contribution in [0.1, 0.15) is 32.8 Å². The van der Waals surface area contributed by atoms with Crippen LogP contribution in [0.5, 0.6) is 0 Å². The first kappa shape index (κ1) is 14.1. The first-order valence-electron chi connectivity index (χ1n) is 6.88. The minimum atomic E-state index is 0.426. The molecule has 0 saturated heterocycles. The van der Waals surface area contributed by atoms with Crippen molar-refractivity contribution in [1.29, 1.82) is 0 Å². The minimum Gasteiger partial charge on any atom is -0.354 e. The van der Waals surface area contributed by atoms with Crippen molar-refractivity contribution in [2.24, 2.45) is 0 Å². The van der Waals surface area contributed by atoms with Crippen LogP contribution in [0, 0.1) is 0 Å². The third-order valence-electron chi connectivity index (χ3n) is 3.28. The first-order chi connectivity index (χ1) is 9.17. The van der Waals surface area contributed by atoms with Crippen molar-refractivity contribution in [3.05, 3.63) is 35.9 Å². The van der Waals surface area contributed by atoms with Gasteiger partial charge in [0.25, 0.3) is 0 Å². The molecule has 102 valence electrons. The fourth-order valence-electron chi connectivity index (χ4n) is 2.35. The van der Waals surface area contributed by atoms with Crippen LogP contribution in [0.15, 0.2) is 30.3 Å². The number of anilines is 1. The predicted octanol–water partition coefficient (Wildman–Crippen LogP) is 4.60. The van der Waals surface area contributed by atoms with Crippen molar-refractivity contribution in [2.75, 3.05) is 11.4 Å². The Morgan fingerprint density at radius 2 is 2.00 bits per heavy atom. The first-order valence-corrected chi connectivity index (χ1v) is 7.42. The normalized spacial score (nSPS) is 11.2. The molecular formula is C16H21ClN2. The summed E-state index contributed by atoms with van der Waals surface area (Å²) in [6, 6.07) is 10.8. The Morgan fingerprint density at radius 1 is 1.26 bits per heavy atom. The van der Waals surface area contributed by atoms with Gasteiger partial charge in [0.15, 0.2) is 0 Å². The van der Waals surface area contributed by atoms with E-state index in [1.807, 2.05) is 12.1 Å². The zero-order valence-electron chi connectivity index (χ0n) is 11.9. The molecule has 0 aliphatic heterocycles. The van der Waals surface area contributed by atoms with Gasteiger partial charge in [-0.05, 0) is 32.4 Å². The van der Waals surface area contributed by atoms with Gasteiger partial charge >= 0.3 is 0 Å². The molecule has 0 N–H and O–H groups in total. The molecular weight excluding hydrogens is 256 g/mol. The van der Waals surface area contributed by atoms with E-state index < -0.39 is 0 Å². The van der Waals surface area contributed by atoms with E-state index in [2.05, 4.69) is 43.9 Å². The number of rotatable bonds is 5. The maximum Gasteiger partial charge on any atom is 0.133 e. The number of hydrogen-bond donors (Lipinski definition) is 0. The molecule has 1 aromatic carbocycles. The van der Waals surface area contributed by atoms with Gasteiger partial charge in [0.05, 0.1) is 11.4 Å². The quantitative estimate of drug-likeness (QED) is 0.742. The molecule has 0 atom stereocenters. The van der Waals surface area contributed by atoms with E-state index in [-0.39, 0.29) is 0 Å². The number of para-hydroxylation sites is 1. The monoisotopic (exact) mass is 276 g/mol. The number of hydrogen-bond acceptors (Lipinski definition) is 2. The summed E-state index contributed by atoms with van der Waals surface area (Å²) in [6.45, 7) is 7.60. The second kappa shape index (κ2) is 6.25. The Bertz CT molecular complexity index is 551. The highest BCUT2D eigenvalue weighted by molar-refractivity contribution is 6.17. The van der Waals surface area contributed by atoms with Gasteiger partial charge in [-0.15, -0.1) is 11.6 Å². The number of nitrogens with zero attached hydrogens (tertiary/aromatic N) is 2. The molecule has 3 heteroatoms. The van der Waals surface area contributed by atoms with E-state index in [1.165, 1.54) is 0 Å². The van der Waals surface area contributed by atoms with E-state index in [9.17, 15) is 0 Å². The van der Waals surface area contributed by atoms with Crippen molar-refractivity contribution >= 4 is 28.3 Å². The Morgan fingerprint density at radius 3 is 2.63 bits per heavy atom. The van der Waals surface area contributed by atoms with Gasteiger partial charge in [0.2, 0.25) is 0 Å². The Hall–Kier alpha value is -1.28.